The minimum absolute atomic E-state index is 0.0442. The number of halogens is 1. The van der Waals surface area contributed by atoms with Crippen LogP contribution < -0.4 is 10.6 Å². The largest absolute Gasteiger partial charge is 0.459 e. The molecule has 2 aromatic rings. The summed E-state index contributed by atoms with van der Waals surface area (Å²) in [6.07, 6.45) is 0.244. The van der Waals surface area contributed by atoms with Gasteiger partial charge in [0.15, 0.2) is 0 Å². The first kappa shape index (κ1) is 24.1. The number of carbonyl (C=O) groups is 3. The van der Waals surface area contributed by atoms with Gasteiger partial charge in [-0.1, -0.05) is 42.5 Å². The zero-order valence-electron chi connectivity index (χ0n) is 18.1. The van der Waals surface area contributed by atoms with Gasteiger partial charge in [0.25, 0.3) is 0 Å². The number of esters is 1. The Morgan fingerprint density at radius 2 is 1.58 bits per heavy atom. The summed E-state index contributed by atoms with van der Waals surface area (Å²) < 4.78 is 18.3. The number of rotatable bonds is 9. The van der Waals surface area contributed by atoms with E-state index in [4.69, 9.17) is 4.74 Å². The Bertz CT molecular complexity index is 877. The first-order valence-electron chi connectivity index (χ1n) is 10.2. The maximum Gasteiger partial charge on any atom is 0.329 e. The van der Waals surface area contributed by atoms with Crippen LogP contribution in [-0.2, 0) is 32.1 Å². The molecular weight excluding hydrogens is 399 g/mol. The van der Waals surface area contributed by atoms with Crippen LogP contribution in [0.1, 0.15) is 44.7 Å². The Labute approximate surface area is 182 Å². The standard InChI is InChI=1S/C24H29FN2O4/c1-24(2,3)27-22(29)15-20(23(30)31-16-18-7-5-4-6-8-18)26-21(28)14-11-17-9-12-19(25)13-10-17/h4-10,12-13,20H,11,14-16H2,1-3H3,(H,26,28)(H,27,29)/t20-/m0/s1. The SMILES string of the molecule is CC(C)(C)NC(=O)C[C@H](NC(=O)CCc1ccc(F)cc1)C(=O)OCc1ccccc1. The summed E-state index contributed by atoms with van der Waals surface area (Å²) in [5.41, 5.74) is 1.13. The van der Waals surface area contributed by atoms with E-state index in [1.165, 1.54) is 12.1 Å². The van der Waals surface area contributed by atoms with Crippen LogP contribution in [0.15, 0.2) is 54.6 Å². The molecule has 0 aliphatic rings. The predicted octanol–water partition coefficient (Wildman–Crippen LogP) is 3.29. The number of aryl methyl sites for hydroxylation is 1. The number of ether oxygens (including phenoxy) is 1. The number of amides is 2. The van der Waals surface area contributed by atoms with Gasteiger partial charge in [-0.15, -0.1) is 0 Å². The van der Waals surface area contributed by atoms with Crippen LogP contribution in [-0.4, -0.2) is 29.4 Å². The van der Waals surface area contributed by atoms with Gasteiger partial charge in [0, 0.05) is 12.0 Å². The molecule has 0 heterocycles. The van der Waals surface area contributed by atoms with E-state index < -0.39 is 23.5 Å². The summed E-state index contributed by atoms with van der Waals surface area (Å²) >= 11 is 0. The molecule has 0 aromatic heterocycles. The molecule has 31 heavy (non-hydrogen) atoms. The Hall–Kier alpha value is -3.22. The smallest absolute Gasteiger partial charge is 0.329 e. The fourth-order valence-corrected chi connectivity index (χ4v) is 2.85. The third-order valence-corrected chi connectivity index (χ3v) is 4.30. The van der Waals surface area contributed by atoms with Crippen molar-refractivity contribution in [2.24, 2.45) is 0 Å². The molecule has 0 unspecified atom stereocenters. The predicted molar refractivity (Wildman–Crippen MR) is 115 cm³/mol. The molecule has 0 spiro atoms. The van der Waals surface area contributed by atoms with Gasteiger partial charge in [0.05, 0.1) is 6.42 Å². The van der Waals surface area contributed by atoms with E-state index in [-0.39, 0.29) is 31.2 Å². The van der Waals surface area contributed by atoms with Gasteiger partial charge in [-0.25, -0.2) is 9.18 Å². The lowest BCUT2D eigenvalue weighted by Crippen LogP contribution is -2.48. The van der Waals surface area contributed by atoms with Gasteiger partial charge in [0.2, 0.25) is 11.8 Å². The number of nitrogens with one attached hydrogen (secondary N) is 2. The second kappa shape index (κ2) is 11.2. The molecule has 7 heteroatoms. The maximum absolute atomic E-state index is 13.0. The van der Waals surface area contributed by atoms with E-state index in [0.29, 0.717) is 6.42 Å². The normalized spacial score (nSPS) is 12.0. The summed E-state index contributed by atoms with van der Waals surface area (Å²) in [6, 6.07) is 13.9. The van der Waals surface area contributed by atoms with E-state index in [9.17, 15) is 18.8 Å². The van der Waals surface area contributed by atoms with E-state index in [1.807, 2.05) is 51.1 Å². The zero-order chi connectivity index (χ0) is 22.9. The minimum atomic E-state index is -1.10. The van der Waals surface area contributed by atoms with Crippen molar-refractivity contribution < 1.29 is 23.5 Å². The lowest BCUT2D eigenvalue weighted by atomic mass is 10.1. The third-order valence-electron chi connectivity index (χ3n) is 4.30. The molecule has 0 radical (unpaired) electrons. The van der Waals surface area contributed by atoms with Gasteiger partial charge in [0.1, 0.15) is 18.5 Å². The van der Waals surface area contributed by atoms with E-state index in [0.717, 1.165) is 11.1 Å². The van der Waals surface area contributed by atoms with Gasteiger partial charge in [-0.3, -0.25) is 9.59 Å². The number of hydrogen-bond donors (Lipinski definition) is 2. The Balaban J connectivity index is 1.97. The summed E-state index contributed by atoms with van der Waals surface area (Å²) in [6.45, 7) is 5.53. The van der Waals surface area contributed by atoms with Crippen LogP contribution in [0.3, 0.4) is 0 Å². The summed E-state index contributed by atoms with van der Waals surface area (Å²) in [7, 11) is 0. The van der Waals surface area contributed by atoms with Crippen molar-refractivity contribution in [2.75, 3.05) is 0 Å². The minimum Gasteiger partial charge on any atom is -0.459 e. The zero-order valence-corrected chi connectivity index (χ0v) is 18.1. The molecule has 2 amide bonds. The molecule has 2 aromatic carbocycles. The highest BCUT2D eigenvalue weighted by atomic mass is 19.1. The van der Waals surface area contributed by atoms with Crippen molar-refractivity contribution in [2.45, 2.75) is 58.2 Å². The molecule has 2 rings (SSSR count). The molecule has 6 nitrogen and oxygen atoms in total. The number of benzene rings is 2. The van der Waals surface area contributed by atoms with Gasteiger partial charge < -0.3 is 15.4 Å². The van der Waals surface area contributed by atoms with Gasteiger partial charge >= 0.3 is 5.97 Å². The van der Waals surface area contributed by atoms with Crippen molar-refractivity contribution in [3.8, 4) is 0 Å². The molecule has 0 aliphatic carbocycles. The Kier molecular flexibility index (Phi) is 8.73. The average Bonchev–Trinajstić information content (AvgIpc) is 2.70. The highest BCUT2D eigenvalue weighted by Gasteiger charge is 2.27. The van der Waals surface area contributed by atoms with Crippen LogP contribution in [0.2, 0.25) is 0 Å². The molecule has 0 bridgehead atoms. The van der Waals surface area contributed by atoms with Gasteiger partial charge in [-0.05, 0) is 50.5 Å². The topological polar surface area (TPSA) is 84.5 Å². The lowest BCUT2D eigenvalue weighted by Gasteiger charge is -2.23. The summed E-state index contributed by atoms with van der Waals surface area (Å²) in [5, 5.41) is 5.38. The fraction of sp³-hybridized carbons (Fsp3) is 0.375. The third kappa shape index (κ3) is 9.42. The number of carbonyl (C=O) groups excluding carboxylic acids is 3. The van der Waals surface area contributed by atoms with E-state index in [2.05, 4.69) is 10.6 Å². The maximum atomic E-state index is 13.0. The van der Waals surface area contributed by atoms with Gasteiger partial charge in [-0.2, -0.15) is 0 Å². The monoisotopic (exact) mass is 428 g/mol. The Morgan fingerprint density at radius 1 is 0.935 bits per heavy atom. The second-order valence-electron chi connectivity index (χ2n) is 8.34. The molecule has 0 saturated heterocycles. The highest BCUT2D eigenvalue weighted by molar-refractivity contribution is 5.89. The second-order valence-corrected chi connectivity index (χ2v) is 8.34. The van der Waals surface area contributed by atoms with Crippen molar-refractivity contribution >= 4 is 17.8 Å². The van der Waals surface area contributed by atoms with E-state index >= 15 is 0 Å². The average molecular weight is 429 g/mol. The first-order chi connectivity index (χ1) is 14.6. The number of hydrogen-bond acceptors (Lipinski definition) is 4. The van der Waals surface area contributed by atoms with Crippen LogP contribution in [0.5, 0.6) is 0 Å². The molecule has 0 fully saturated rings. The molecule has 166 valence electrons. The first-order valence-corrected chi connectivity index (χ1v) is 10.2. The summed E-state index contributed by atoms with van der Waals surface area (Å²) in [5.74, 6) is -1.79. The molecule has 0 saturated carbocycles. The highest BCUT2D eigenvalue weighted by Crippen LogP contribution is 2.08. The van der Waals surface area contributed by atoms with Crippen molar-refractivity contribution in [1.29, 1.82) is 0 Å². The molecule has 1 atom stereocenters. The van der Waals surface area contributed by atoms with Crippen LogP contribution in [0.25, 0.3) is 0 Å². The molecular formula is C24H29FN2O4. The fourth-order valence-electron chi connectivity index (χ4n) is 2.85. The van der Waals surface area contributed by atoms with E-state index in [1.54, 1.807) is 12.1 Å². The molecule has 0 aliphatic heterocycles. The molecule has 2 N–H and O–H groups in total. The van der Waals surface area contributed by atoms with Crippen LogP contribution in [0.4, 0.5) is 4.39 Å². The van der Waals surface area contributed by atoms with Crippen molar-refractivity contribution in [3.05, 3.63) is 71.5 Å². The van der Waals surface area contributed by atoms with Crippen molar-refractivity contribution in [1.82, 2.24) is 10.6 Å². The lowest BCUT2D eigenvalue weighted by molar-refractivity contribution is -0.150. The van der Waals surface area contributed by atoms with Crippen molar-refractivity contribution in [3.63, 3.8) is 0 Å². The van der Waals surface area contributed by atoms with Crippen LogP contribution >= 0.6 is 0 Å². The quantitative estimate of drug-likeness (QED) is 0.601. The summed E-state index contributed by atoms with van der Waals surface area (Å²) in [4.78, 5) is 37.4. The van der Waals surface area contributed by atoms with Crippen LogP contribution in [0, 0.1) is 5.82 Å². The Morgan fingerprint density at radius 3 is 2.19 bits per heavy atom.